The summed E-state index contributed by atoms with van der Waals surface area (Å²) in [6.45, 7) is 7.32. The predicted molar refractivity (Wildman–Crippen MR) is 159 cm³/mol. The van der Waals surface area contributed by atoms with Gasteiger partial charge < -0.3 is 19.9 Å². The summed E-state index contributed by atoms with van der Waals surface area (Å²) in [6.07, 6.45) is -0.482. The van der Waals surface area contributed by atoms with Gasteiger partial charge in [0.05, 0.1) is 23.5 Å². The molecule has 0 aliphatic carbocycles. The highest BCUT2D eigenvalue weighted by Gasteiger charge is 2.35. The molecule has 1 saturated heterocycles. The molecular weight excluding hydrogens is 552 g/mol. The lowest BCUT2D eigenvalue weighted by Gasteiger charge is -2.19. The van der Waals surface area contributed by atoms with E-state index in [0.29, 0.717) is 48.6 Å². The molecule has 1 fully saturated rings. The first kappa shape index (κ1) is 30.8. The van der Waals surface area contributed by atoms with E-state index in [1.807, 2.05) is 37.3 Å². The standard InChI is InChI=1S/C29H37F2N5O4S/c1-19-26(36(22-9-7-6-8-10-22)34-27(19)39-18-29(2,3)37)33-28(41-5)32-16-21-17-35(13-14-38-4)40-25(21)20-11-12-23(30)24(31)15-20/h6-12,15,21,25,32-33,37H,5,13-14,16-18H2,1-4H3/t21-,25+/m1/s1. The molecule has 3 N–H and O–H groups in total. The molecule has 2 atom stereocenters. The largest absolute Gasteiger partial charge is 0.473 e. The van der Waals surface area contributed by atoms with Gasteiger partial charge in [0.25, 0.3) is 0 Å². The lowest BCUT2D eigenvalue weighted by atomic mass is 9.96. The summed E-state index contributed by atoms with van der Waals surface area (Å²) in [4.78, 5) is 6.12. The Balaban J connectivity index is 1.54. The SMILES string of the molecule is C=S=C(NC[C@@H]1CN(CCOC)O[C@H]1c1ccc(F)c(F)c1)Nc1c(C)c(OCC(C)(C)O)nn1-c1ccccc1. The van der Waals surface area contributed by atoms with Crippen molar-refractivity contribution < 1.29 is 28.2 Å². The van der Waals surface area contributed by atoms with Crippen LogP contribution in [0, 0.1) is 24.5 Å². The fourth-order valence-corrected chi connectivity index (χ4v) is 4.76. The van der Waals surface area contributed by atoms with Crippen molar-refractivity contribution in [3.8, 4) is 11.6 Å². The van der Waals surface area contributed by atoms with Crippen molar-refractivity contribution in [2.45, 2.75) is 32.5 Å². The van der Waals surface area contributed by atoms with E-state index in [9.17, 15) is 13.9 Å². The topological polar surface area (TPSA) is 93.0 Å². The second kappa shape index (κ2) is 13.7. The van der Waals surface area contributed by atoms with Crippen LogP contribution in [0.4, 0.5) is 14.6 Å². The van der Waals surface area contributed by atoms with Crippen molar-refractivity contribution in [1.82, 2.24) is 20.2 Å². The van der Waals surface area contributed by atoms with E-state index in [-0.39, 0.29) is 12.5 Å². The van der Waals surface area contributed by atoms with Gasteiger partial charge in [0.15, 0.2) is 11.6 Å². The molecule has 0 unspecified atom stereocenters. The molecule has 0 bridgehead atoms. The molecule has 3 aromatic rings. The fourth-order valence-electron chi connectivity index (χ4n) is 4.40. The second-order valence-electron chi connectivity index (χ2n) is 10.4. The number of hydroxylamine groups is 2. The third-order valence-corrected chi connectivity index (χ3v) is 7.02. The number of hydrogen-bond acceptors (Lipinski definition) is 6. The second-order valence-corrected chi connectivity index (χ2v) is 11.1. The van der Waals surface area contributed by atoms with Crippen LogP contribution in [0.25, 0.3) is 5.69 Å². The van der Waals surface area contributed by atoms with Crippen LogP contribution in [0.2, 0.25) is 0 Å². The van der Waals surface area contributed by atoms with Gasteiger partial charge in [-0.1, -0.05) is 24.3 Å². The minimum Gasteiger partial charge on any atom is -0.473 e. The van der Waals surface area contributed by atoms with E-state index >= 15 is 0 Å². The fraction of sp³-hybridized carbons (Fsp3) is 0.414. The summed E-state index contributed by atoms with van der Waals surface area (Å²) in [5, 5.41) is 24.1. The number of rotatable bonds is 11. The number of benzene rings is 2. The third kappa shape index (κ3) is 8.00. The van der Waals surface area contributed by atoms with Crippen LogP contribution in [0.3, 0.4) is 0 Å². The van der Waals surface area contributed by atoms with E-state index in [2.05, 4.69) is 21.6 Å². The zero-order valence-electron chi connectivity index (χ0n) is 23.7. The number of anilines is 1. The van der Waals surface area contributed by atoms with Gasteiger partial charge in [0.2, 0.25) is 5.88 Å². The maximum Gasteiger partial charge on any atom is 0.238 e. The Morgan fingerprint density at radius 2 is 1.98 bits per heavy atom. The normalized spacial score (nSPS) is 17.5. The van der Waals surface area contributed by atoms with Crippen LogP contribution < -0.4 is 15.4 Å². The highest BCUT2D eigenvalue weighted by Crippen LogP contribution is 2.34. The van der Waals surface area contributed by atoms with Gasteiger partial charge in [-0.05, 0) is 56.5 Å². The molecule has 4 rings (SSSR count). The van der Waals surface area contributed by atoms with Crippen molar-refractivity contribution >= 4 is 27.7 Å². The number of nitrogens with one attached hydrogen (secondary N) is 2. The van der Waals surface area contributed by atoms with Gasteiger partial charge in [0, 0.05) is 32.7 Å². The number of aromatic nitrogens is 2. The zero-order chi connectivity index (χ0) is 29.6. The predicted octanol–water partition coefficient (Wildman–Crippen LogP) is 4.11. The highest BCUT2D eigenvalue weighted by atomic mass is 32.1. The third-order valence-electron chi connectivity index (χ3n) is 6.49. The van der Waals surface area contributed by atoms with Gasteiger partial charge in [0.1, 0.15) is 23.6 Å². The Hall–Kier alpha value is -3.13. The van der Waals surface area contributed by atoms with Crippen molar-refractivity contribution in [1.29, 1.82) is 0 Å². The Morgan fingerprint density at radius 1 is 1.22 bits per heavy atom. The quantitative estimate of drug-likeness (QED) is 0.288. The summed E-state index contributed by atoms with van der Waals surface area (Å²) >= 11 is 0. The number of halogens is 2. The minimum absolute atomic E-state index is 0.0740. The molecule has 12 heteroatoms. The molecule has 0 saturated carbocycles. The van der Waals surface area contributed by atoms with Gasteiger partial charge in [-0.3, -0.25) is 10.2 Å². The van der Waals surface area contributed by atoms with Crippen LogP contribution in [-0.2, 0) is 9.57 Å². The number of para-hydroxylation sites is 1. The maximum absolute atomic E-state index is 14.1. The van der Waals surface area contributed by atoms with Crippen molar-refractivity contribution in [3.63, 3.8) is 0 Å². The lowest BCUT2D eigenvalue weighted by molar-refractivity contribution is -0.155. The molecule has 2 heterocycles. The molecule has 9 nitrogen and oxygen atoms in total. The van der Waals surface area contributed by atoms with Gasteiger partial charge in [-0.25, -0.2) is 13.5 Å². The lowest BCUT2D eigenvalue weighted by Crippen LogP contribution is -2.36. The molecule has 1 aromatic heterocycles. The molecule has 1 aliphatic rings. The molecule has 0 radical (unpaired) electrons. The molecule has 41 heavy (non-hydrogen) atoms. The van der Waals surface area contributed by atoms with Gasteiger partial charge in [-0.2, -0.15) is 5.06 Å². The van der Waals surface area contributed by atoms with Crippen LogP contribution in [0.15, 0.2) is 48.5 Å². The van der Waals surface area contributed by atoms with E-state index in [0.717, 1.165) is 17.3 Å². The van der Waals surface area contributed by atoms with E-state index in [4.69, 9.17) is 14.3 Å². The van der Waals surface area contributed by atoms with E-state index < -0.39 is 23.3 Å². The number of methoxy groups -OCH3 is 1. The first-order valence-electron chi connectivity index (χ1n) is 13.2. The minimum atomic E-state index is -1.02. The van der Waals surface area contributed by atoms with E-state index in [1.165, 1.54) is 17.0 Å². The summed E-state index contributed by atoms with van der Waals surface area (Å²) in [6, 6.07) is 13.5. The first-order valence-corrected chi connectivity index (χ1v) is 14.2. The van der Waals surface area contributed by atoms with Crippen LogP contribution in [0.1, 0.15) is 31.1 Å². The Morgan fingerprint density at radius 3 is 2.63 bits per heavy atom. The number of nitrogens with zero attached hydrogens (tertiary/aromatic N) is 3. The molecular formula is C29H37F2N5O4S. The molecule has 0 spiro atoms. The summed E-state index contributed by atoms with van der Waals surface area (Å²) < 4.78 is 40.5. The van der Waals surface area contributed by atoms with E-state index in [1.54, 1.807) is 36.8 Å². The summed E-state index contributed by atoms with van der Waals surface area (Å²) in [5.74, 6) is 3.15. The average molecular weight is 590 g/mol. The molecule has 222 valence electrons. The first-order chi connectivity index (χ1) is 19.6. The number of ether oxygens (including phenoxy) is 2. The smallest absolute Gasteiger partial charge is 0.238 e. The average Bonchev–Trinajstić information content (AvgIpc) is 3.50. The van der Waals surface area contributed by atoms with Crippen LogP contribution >= 0.6 is 10.9 Å². The maximum atomic E-state index is 14.1. The number of hydrogen-bond donors (Lipinski definition) is 3. The zero-order valence-corrected chi connectivity index (χ0v) is 24.5. The monoisotopic (exact) mass is 589 g/mol. The molecule has 0 amide bonds. The molecule has 1 aliphatic heterocycles. The van der Waals surface area contributed by atoms with Gasteiger partial charge in [-0.15, -0.1) is 16.0 Å². The number of aliphatic hydroxyl groups is 1. The van der Waals surface area contributed by atoms with Crippen LogP contribution in [-0.4, -0.2) is 76.5 Å². The van der Waals surface area contributed by atoms with Crippen molar-refractivity contribution in [2.24, 2.45) is 5.92 Å². The van der Waals surface area contributed by atoms with Gasteiger partial charge >= 0.3 is 0 Å². The van der Waals surface area contributed by atoms with Crippen molar-refractivity contribution in [2.75, 3.05) is 45.3 Å². The highest BCUT2D eigenvalue weighted by molar-refractivity contribution is 7.96. The Labute approximate surface area is 242 Å². The summed E-state index contributed by atoms with van der Waals surface area (Å²) in [7, 11) is 2.86. The Bertz CT molecular complexity index is 1380. The van der Waals surface area contributed by atoms with Crippen molar-refractivity contribution in [3.05, 3.63) is 71.3 Å². The Kier molecular flexibility index (Phi) is 10.3. The van der Waals surface area contributed by atoms with Crippen LogP contribution in [0.5, 0.6) is 5.88 Å². The summed E-state index contributed by atoms with van der Waals surface area (Å²) in [5.41, 5.74) is 1.10. The molecule has 2 aromatic carbocycles.